The Morgan fingerprint density at radius 3 is 2.27 bits per heavy atom. The van der Waals surface area contributed by atoms with Gasteiger partial charge in [0.15, 0.2) is 0 Å². The Bertz CT molecular complexity index is 150. The lowest BCUT2D eigenvalue weighted by Gasteiger charge is -2.24. The molecule has 0 aliphatic carbocycles. The number of hydrogen-bond donors (Lipinski definition) is 2. The van der Waals surface area contributed by atoms with Crippen molar-refractivity contribution in [3.05, 3.63) is 0 Å². The number of aliphatic carboxylic acids is 1. The number of carboxylic acids is 1. The zero-order chi connectivity index (χ0) is 9.07. The smallest absolute Gasteiger partial charge is 0.322 e. The molecule has 2 N–H and O–H groups in total. The Kier molecular flexibility index (Phi) is 4.28. The van der Waals surface area contributed by atoms with E-state index in [2.05, 4.69) is 17.0 Å². The minimum Gasteiger partial charge on any atom is -0.480 e. The van der Waals surface area contributed by atoms with E-state index < -0.39 is 12.0 Å². The van der Waals surface area contributed by atoms with E-state index in [1.54, 1.807) is 7.05 Å². The number of hydrogen-bond acceptors (Lipinski definition) is 3. The predicted molar refractivity (Wildman–Crippen MR) is 52.3 cm³/mol. The summed E-state index contributed by atoms with van der Waals surface area (Å²) in [6, 6.07) is -0.537. The van der Waals surface area contributed by atoms with Crippen LogP contribution in [0.15, 0.2) is 0 Å². The molecule has 0 rings (SSSR count). The van der Waals surface area contributed by atoms with E-state index in [-0.39, 0.29) is 4.75 Å². The van der Waals surface area contributed by atoms with Gasteiger partial charge >= 0.3 is 5.97 Å². The Morgan fingerprint density at radius 1 is 1.73 bits per heavy atom. The van der Waals surface area contributed by atoms with Crippen LogP contribution in [0, 0.1) is 0 Å². The molecule has 11 heavy (non-hydrogen) atoms. The second-order valence-corrected chi connectivity index (χ2v) is 4.63. The second-order valence-electron chi connectivity index (χ2n) is 2.77. The zero-order valence-electron chi connectivity index (χ0n) is 6.84. The van der Waals surface area contributed by atoms with Crippen LogP contribution in [0.5, 0.6) is 0 Å². The first-order chi connectivity index (χ1) is 4.95. The predicted octanol–water partition coefficient (Wildman–Crippen LogP) is 0.0973. The van der Waals surface area contributed by atoms with E-state index in [4.69, 9.17) is 5.11 Å². The van der Waals surface area contributed by atoms with Gasteiger partial charge < -0.3 is 10.4 Å². The summed E-state index contributed by atoms with van der Waals surface area (Å²) in [5.41, 5.74) is 0. The highest BCUT2D eigenvalue weighted by Gasteiger charge is 2.36. The second kappa shape index (κ2) is 4.23. The quantitative estimate of drug-likeness (QED) is 0.494. The van der Waals surface area contributed by atoms with Crippen LogP contribution in [-0.2, 0) is 16.5 Å². The standard InChI is InChI=1S/C6H13NO2S2/c1-6(2,11-10)4(7-3)5(8)9/h4,7,10H,1-3H3,(H,8,9)/p+1. The first-order valence-corrected chi connectivity index (χ1v) is 5.24. The van der Waals surface area contributed by atoms with Crippen molar-refractivity contribution in [1.29, 1.82) is 0 Å². The number of rotatable bonds is 4. The maximum atomic E-state index is 10.6. The normalized spacial score (nSPS) is 14.5. The van der Waals surface area contributed by atoms with Crippen molar-refractivity contribution in [1.82, 2.24) is 5.32 Å². The Hall–Kier alpha value is 0.130. The van der Waals surface area contributed by atoms with Crippen LogP contribution in [0.3, 0.4) is 0 Å². The molecule has 0 aromatic rings. The van der Waals surface area contributed by atoms with E-state index in [1.165, 1.54) is 10.8 Å². The summed E-state index contributed by atoms with van der Waals surface area (Å²) < 4.78 is -0.350. The average Bonchev–Trinajstić information content (AvgIpc) is 1.88. The van der Waals surface area contributed by atoms with Gasteiger partial charge in [-0.1, -0.05) is 0 Å². The number of carbonyl (C=O) groups is 1. The van der Waals surface area contributed by atoms with Crippen LogP contribution in [0.2, 0.25) is 0 Å². The van der Waals surface area contributed by atoms with Crippen molar-refractivity contribution >= 4 is 28.4 Å². The zero-order valence-corrected chi connectivity index (χ0v) is 8.66. The van der Waals surface area contributed by atoms with Crippen LogP contribution >= 0.6 is 10.8 Å². The van der Waals surface area contributed by atoms with Crippen LogP contribution in [0.25, 0.3) is 0 Å². The van der Waals surface area contributed by atoms with Crippen LogP contribution < -0.4 is 5.32 Å². The van der Waals surface area contributed by atoms with Crippen LogP contribution in [-0.4, -0.2) is 28.9 Å². The monoisotopic (exact) mass is 196 g/mol. The van der Waals surface area contributed by atoms with Gasteiger partial charge in [0, 0.05) is 11.7 Å². The number of likely N-dealkylation sites (N-methyl/N-ethyl adjacent to an activating group) is 1. The van der Waals surface area contributed by atoms with Gasteiger partial charge in [0.2, 0.25) is 0 Å². The summed E-state index contributed by atoms with van der Waals surface area (Å²) in [5, 5.41) is 11.5. The van der Waals surface area contributed by atoms with E-state index in [0.29, 0.717) is 0 Å². The molecule has 5 heteroatoms. The topological polar surface area (TPSA) is 49.3 Å². The van der Waals surface area contributed by atoms with Crippen molar-refractivity contribution in [2.75, 3.05) is 7.05 Å². The lowest BCUT2D eigenvalue weighted by Crippen LogP contribution is -2.48. The molecule has 0 heterocycles. The molecule has 0 amide bonds. The van der Waals surface area contributed by atoms with Gasteiger partial charge in [-0.05, 0) is 20.9 Å². The van der Waals surface area contributed by atoms with Gasteiger partial charge in [0.25, 0.3) is 0 Å². The fraction of sp³-hybridized carbons (Fsp3) is 0.833. The van der Waals surface area contributed by atoms with E-state index in [9.17, 15) is 4.79 Å². The van der Waals surface area contributed by atoms with E-state index in [1.807, 2.05) is 13.8 Å². The number of nitrogens with one attached hydrogen (secondary N) is 1. The maximum Gasteiger partial charge on any atom is 0.322 e. The van der Waals surface area contributed by atoms with Crippen molar-refractivity contribution in [2.45, 2.75) is 24.6 Å². The molecular weight excluding hydrogens is 182 g/mol. The summed E-state index contributed by atoms with van der Waals surface area (Å²) in [6.07, 6.45) is 0. The van der Waals surface area contributed by atoms with Gasteiger partial charge in [-0.25, -0.2) is 0 Å². The molecule has 1 atom stereocenters. The first kappa shape index (κ1) is 11.1. The Labute approximate surface area is 75.7 Å². The highest BCUT2D eigenvalue weighted by molar-refractivity contribution is 8.59. The molecule has 66 valence electrons. The average molecular weight is 196 g/mol. The third kappa shape index (κ3) is 2.92. The summed E-state index contributed by atoms with van der Waals surface area (Å²) >= 11 is 3.24. The van der Waals surface area contributed by atoms with Crippen molar-refractivity contribution < 1.29 is 9.90 Å². The minimum absolute atomic E-state index is 0.350. The molecule has 0 saturated carbocycles. The molecule has 1 unspecified atom stereocenters. The van der Waals surface area contributed by atoms with Gasteiger partial charge in [-0.3, -0.25) is 4.79 Å². The Morgan fingerprint density at radius 2 is 2.18 bits per heavy atom. The van der Waals surface area contributed by atoms with Crippen molar-refractivity contribution in [3.8, 4) is 0 Å². The van der Waals surface area contributed by atoms with Gasteiger partial charge in [-0.15, -0.1) is 0 Å². The van der Waals surface area contributed by atoms with Gasteiger partial charge in [-0.2, -0.15) is 0 Å². The van der Waals surface area contributed by atoms with Gasteiger partial charge in [0.1, 0.15) is 6.04 Å². The molecule has 0 radical (unpaired) electrons. The highest BCUT2D eigenvalue weighted by atomic mass is 33.1. The molecule has 0 aromatic heterocycles. The maximum absolute atomic E-state index is 10.6. The summed E-state index contributed by atoms with van der Waals surface area (Å²) in [7, 11) is 2.99. The van der Waals surface area contributed by atoms with Crippen LogP contribution in [0.4, 0.5) is 0 Å². The molecule has 0 saturated heterocycles. The third-order valence-electron chi connectivity index (χ3n) is 1.49. The molecule has 3 nitrogen and oxygen atoms in total. The largest absolute Gasteiger partial charge is 0.480 e. The molecular formula is C6H14NO2S2+. The van der Waals surface area contributed by atoms with Crippen molar-refractivity contribution in [2.24, 2.45) is 0 Å². The lowest BCUT2D eigenvalue weighted by molar-refractivity contribution is -0.139. The summed E-state index contributed by atoms with van der Waals surface area (Å²) in [5.74, 6) is -0.830. The molecule has 0 aliphatic rings. The third-order valence-corrected chi connectivity index (χ3v) is 3.83. The van der Waals surface area contributed by atoms with E-state index in [0.717, 1.165) is 0 Å². The summed E-state index contributed by atoms with van der Waals surface area (Å²) in [6.45, 7) is 3.72. The fourth-order valence-electron chi connectivity index (χ4n) is 0.827. The molecule has 0 fully saturated rings. The molecule has 0 bridgehead atoms. The highest BCUT2D eigenvalue weighted by Crippen LogP contribution is 2.26. The van der Waals surface area contributed by atoms with Crippen molar-refractivity contribution in [3.63, 3.8) is 0 Å². The first-order valence-electron chi connectivity index (χ1n) is 3.20. The number of carboxylic acid groups (broad SMARTS) is 1. The van der Waals surface area contributed by atoms with Crippen LogP contribution in [0.1, 0.15) is 13.8 Å². The molecule has 0 spiro atoms. The van der Waals surface area contributed by atoms with Gasteiger partial charge in [0.05, 0.1) is 15.5 Å². The SMILES string of the molecule is CNC(C(=O)O)C(C)(C)S[SH2+]. The molecule has 0 aromatic carbocycles. The minimum atomic E-state index is -0.830. The summed E-state index contributed by atoms with van der Waals surface area (Å²) in [4.78, 5) is 10.6. The Balaban J connectivity index is 4.36. The van der Waals surface area contributed by atoms with E-state index >= 15 is 0 Å². The molecule has 0 aliphatic heterocycles. The fourth-order valence-corrected chi connectivity index (χ4v) is 1.52. The lowest BCUT2D eigenvalue weighted by atomic mass is 10.0.